The molecule has 1 unspecified atom stereocenters. The van der Waals surface area contributed by atoms with Gasteiger partial charge in [-0.05, 0) is 31.2 Å². The fraction of sp³-hybridized carbons (Fsp3) is 0.462. The summed E-state index contributed by atoms with van der Waals surface area (Å²) in [5, 5.41) is 10.9. The van der Waals surface area contributed by atoms with Crippen LogP contribution in [-0.2, 0) is 0 Å². The van der Waals surface area contributed by atoms with Gasteiger partial charge in [0.25, 0.3) is 5.69 Å². The van der Waals surface area contributed by atoms with Crippen molar-refractivity contribution in [3.63, 3.8) is 0 Å². The molecular weight excluding hydrogens is 248 g/mol. The first-order valence-corrected chi connectivity index (χ1v) is 6.93. The first kappa shape index (κ1) is 13.1. The van der Waals surface area contributed by atoms with Crippen molar-refractivity contribution < 1.29 is 4.92 Å². The van der Waals surface area contributed by atoms with E-state index in [9.17, 15) is 10.1 Å². The van der Waals surface area contributed by atoms with Crippen LogP contribution in [0.2, 0.25) is 0 Å². The summed E-state index contributed by atoms with van der Waals surface area (Å²) in [7, 11) is 0. The summed E-state index contributed by atoms with van der Waals surface area (Å²) in [6, 6.07) is 6.76. The van der Waals surface area contributed by atoms with E-state index in [1.165, 1.54) is 43.0 Å². The van der Waals surface area contributed by atoms with Crippen molar-refractivity contribution in [3.05, 3.63) is 34.4 Å². The van der Waals surface area contributed by atoms with Crippen molar-refractivity contribution in [2.45, 2.75) is 37.5 Å². The van der Waals surface area contributed by atoms with Crippen LogP contribution in [0.4, 0.5) is 5.69 Å². The molecule has 1 aliphatic rings. The Morgan fingerprint density at radius 2 is 2.17 bits per heavy atom. The Hall–Kier alpha value is -1.36. The van der Waals surface area contributed by atoms with Gasteiger partial charge in [-0.1, -0.05) is 25.5 Å². The van der Waals surface area contributed by atoms with Gasteiger partial charge in [0, 0.05) is 23.7 Å². The van der Waals surface area contributed by atoms with Crippen molar-refractivity contribution in [1.29, 1.82) is 0 Å². The molecule has 1 saturated carbocycles. The lowest BCUT2D eigenvalue weighted by Gasteiger charge is -2.19. The van der Waals surface area contributed by atoms with Crippen LogP contribution in [0.25, 0.3) is 0 Å². The Morgan fingerprint density at radius 1 is 1.39 bits per heavy atom. The van der Waals surface area contributed by atoms with Gasteiger partial charge in [-0.25, -0.2) is 4.40 Å². The maximum Gasteiger partial charge on any atom is 0.284 e. The second-order valence-electron chi connectivity index (χ2n) is 4.55. The van der Waals surface area contributed by atoms with Crippen molar-refractivity contribution >= 4 is 23.3 Å². The van der Waals surface area contributed by atoms with Crippen molar-refractivity contribution in [3.8, 4) is 0 Å². The Balaban J connectivity index is 2.14. The molecule has 1 atom stereocenters. The Kier molecular flexibility index (Phi) is 4.36. The summed E-state index contributed by atoms with van der Waals surface area (Å²) in [5.74, 6) is 0.508. The van der Waals surface area contributed by atoms with Gasteiger partial charge in [0.15, 0.2) is 0 Å². The molecule has 0 N–H and O–H groups in total. The molecule has 1 aromatic carbocycles. The van der Waals surface area contributed by atoms with E-state index in [1.807, 2.05) is 0 Å². The molecule has 0 aromatic heterocycles. The summed E-state index contributed by atoms with van der Waals surface area (Å²) < 4.78 is 4.51. The average molecular weight is 264 g/mol. The highest BCUT2D eigenvalue weighted by Crippen LogP contribution is 2.31. The highest BCUT2D eigenvalue weighted by Gasteiger charge is 2.17. The highest BCUT2D eigenvalue weighted by atomic mass is 32.2. The van der Waals surface area contributed by atoms with Crippen molar-refractivity contribution in [2.75, 3.05) is 0 Å². The van der Waals surface area contributed by atoms with E-state index in [1.54, 1.807) is 18.2 Å². The van der Waals surface area contributed by atoms with E-state index >= 15 is 0 Å². The molecule has 0 amide bonds. The molecule has 5 heteroatoms. The van der Waals surface area contributed by atoms with Gasteiger partial charge in [0.1, 0.15) is 4.90 Å². The van der Waals surface area contributed by atoms with E-state index in [-0.39, 0.29) is 10.6 Å². The molecule has 1 aromatic rings. The average Bonchev–Trinajstić information content (AvgIpc) is 2.38. The lowest BCUT2D eigenvalue weighted by Crippen LogP contribution is -2.15. The van der Waals surface area contributed by atoms with Crippen LogP contribution < -0.4 is 0 Å². The monoisotopic (exact) mass is 264 g/mol. The minimum atomic E-state index is -0.354. The lowest BCUT2D eigenvalue weighted by molar-refractivity contribution is -0.387. The van der Waals surface area contributed by atoms with Crippen LogP contribution in [0.5, 0.6) is 0 Å². The normalized spacial score (nSPS) is 22.1. The van der Waals surface area contributed by atoms with E-state index < -0.39 is 0 Å². The summed E-state index contributed by atoms with van der Waals surface area (Å²) in [4.78, 5) is 11.1. The van der Waals surface area contributed by atoms with E-state index in [4.69, 9.17) is 0 Å². The van der Waals surface area contributed by atoms with Crippen LogP contribution in [0.1, 0.15) is 32.6 Å². The molecule has 4 nitrogen and oxygen atoms in total. The van der Waals surface area contributed by atoms with E-state index in [0.29, 0.717) is 10.8 Å². The Morgan fingerprint density at radius 3 is 2.89 bits per heavy atom. The topological polar surface area (TPSA) is 55.5 Å². The van der Waals surface area contributed by atoms with Crippen LogP contribution in [0.15, 0.2) is 33.6 Å². The van der Waals surface area contributed by atoms with Gasteiger partial charge in [-0.15, -0.1) is 0 Å². The maximum atomic E-state index is 10.9. The van der Waals surface area contributed by atoms with Gasteiger partial charge in [0.2, 0.25) is 0 Å². The zero-order valence-electron chi connectivity index (χ0n) is 10.3. The van der Waals surface area contributed by atoms with Gasteiger partial charge < -0.3 is 0 Å². The van der Waals surface area contributed by atoms with Crippen molar-refractivity contribution in [1.82, 2.24) is 0 Å². The first-order chi connectivity index (χ1) is 8.68. The molecule has 96 valence electrons. The minimum Gasteiger partial charge on any atom is -0.258 e. The van der Waals surface area contributed by atoms with Gasteiger partial charge in [0.05, 0.1) is 4.92 Å². The molecule has 18 heavy (non-hydrogen) atoms. The molecule has 0 spiro atoms. The van der Waals surface area contributed by atoms with Crippen molar-refractivity contribution in [2.24, 2.45) is 10.3 Å². The fourth-order valence-electron chi connectivity index (χ4n) is 2.10. The van der Waals surface area contributed by atoms with E-state index in [0.717, 1.165) is 6.42 Å². The summed E-state index contributed by atoms with van der Waals surface area (Å²) in [6.45, 7) is 2.18. The molecule has 0 saturated heterocycles. The van der Waals surface area contributed by atoms with Crippen LogP contribution in [0.3, 0.4) is 0 Å². The second kappa shape index (κ2) is 6.00. The molecule has 0 bridgehead atoms. The largest absolute Gasteiger partial charge is 0.284 e. The molecule has 0 aliphatic heterocycles. The second-order valence-corrected chi connectivity index (χ2v) is 5.35. The maximum absolute atomic E-state index is 10.9. The third-order valence-corrected chi connectivity index (χ3v) is 4.08. The van der Waals surface area contributed by atoms with Gasteiger partial charge in [-0.3, -0.25) is 10.1 Å². The highest BCUT2D eigenvalue weighted by molar-refractivity contribution is 7.98. The predicted octanol–water partition coefficient (Wildman–Crippen LogP) is 4.25. The number of hydrogen-bond acceptors (Lipinski definition) is 4. The third kappa shape index (κ3) is 3.10. The summed E-state index contributed by atoms with van der Waals surface area (Å²) in [6.07, 6.45) is 4.64. The molecule has 0 radical (unpaired) electrons. The number of benzene rings is 1. The first-order valence-electron chi connectivity index (χ1n) is 6.15. The quantitative estimate of drug-likeness (QED) is 0.466. The molecule has 0 heterocycles. The number of hydrogen-bond donors (Lipinski definition) is 0. The van der Waals surface area contributed by atoms with Gasteiger partial charge >= 0.3 is 0 Å². The fourth-order valence-corrected chi connectivity index (χ4v) is 2.96. The van der Waals surface area contributed by atoms with Crippen LogP contribution in [-0.4, -0.2) is 10.6 Å². The SMILES string of the molecule is CC1CCCC/C1=N\Sc1ccccc1[N+](=O)[O-]. The van der Waals surface area contributed by atoms with E-state index in [2.05, 4.69) is 11.3 Å². The number of nitro benzene ring substituents is 1. The lowest BCUT2D eigenvalue weighted by atomic mass is 9.89. The zero-order valence-corrected chi connectivity index (χ0v) is 11.2. The zero-order chi connectivity index (χ0) is 13.0. The summed E-state index contributed by atoms with van der Waals surface area (Å²) >= 11 is 1.23. The standard InChI is InChI=1S/C13H16N2O2S/c1-10-6-2-3-7-11(10)14-18-13-9-5-4-8-12(13)15(16)17/h4-5,8-10H,2-3,6-7H2,1H3/b14-11+. The molecule has 2 rings (SSSR count). The number of rotatable bonds is 3. The van der Waals surface area contributed by atoms with Crippen LogP contribution >= 0.6 is 11.9 Å². The molecule has 1 aliphatic carbocycles. The predicted molar refractivity (Wildman–Crippen MR) is 74.0 cm³/mol. The number of para-hydroxylation sites is 1. The number of nitro groups is 1. The summed E-state index contributed by atoms with van der Waals surface area (Å²) in [5.41, 5.74) is 1.32. The smallest absolute Gasteiger partial charge is 0.258 e. The Labute approximate surface area is 111 Å². The Bertz CT molecular complexity index is 474. The van der Waals surface area contributed by atoms with Crippen LogP contribution in [0, 0.1) is 16.0 Å². The minimum absolute atomic E-state index is 0.135. The molecular formula is C13H16N2O2S. The number of nitrogens with zero attached hydrogens (tertiary/aromatic N) is 2. The van der Waals surface area contributed by atoms with Gasteiger partial charge in [-0.2, -0.15) is 0 Å². The molecule has 1 fully saturated rings. The third-order valence-electron chi connectivity index (χ3n) is 3.21.